The number of piperidine rings is 1. The molecule has 4 rings (SSSR count). The van der Waals surface area contributed by atoms with Gasteiger partial charge >= 0.3 is 6.03 Å². The van der Waals surface area contributed by atoms with Gasteiger partial charge in [-0.15, -0.1) is 0 Å². The first-order chi connectivity index (χ1) is 15.6. The molecule has 1 aliphatic carbocycles. The van der Waals surface area contributed by atoms with E-state index in [0.29, 0.717) is 33.9 Å². The molecule has 2 aromatic rings. The number of carbonyl (C=O) groups excluding carboxylic acids is 2. The van der Waals surface area contributed by atoms with E-state index < -0.39 is 0 Å². The predicted octanol–water partition coefficient (Wildman–Crippen LogP) is 5.28. The minimum Gasteiger partial charge on any atom is -0.496 e. The Balaban J connectivity index is 1.44. The molecule has 0 spiro atoms. The summed E-state index contributed by atoms with van der Waals surface area (Å²) in [5.74, 6) is 0.567. The van der Waals surface area contributed by atoms with E-state index in [9.17, 15) is 9.59 Å². The van der Waals surface area contributed by atoms with Gasteiger partial charge in [-0.05, 0) is 37.8 Å². The van der Waals surface area contributed by atoms with E-state index in [-0.39, 0.29) is 24.0 Å². The van der Waals surface area contributed by atoms with E-state index in [1.807, 2.05) is 21.9 Å². The van der Waals surface area contributed by atoms with Crippen LogP contribution in [0.5, 0.6) is 5.75 Å². The number of nitrogens with one attached hydrogen (secondary N) is 1. The van der Waals surface area contributed by atoms with Crippen molar-refractivity contribution in [3.05, 3.63) is 40.4 Å². The topological polar surface area (TPSA) is 74.8 Å². The second kappa shape index (κ2) is 10.5. The zero-order chi connectivity index (χ0) is 22.5. The van der Waals surface area contributed by atoms with Crippen LogP contribution in [-0.4, -0.2) is 59.0 Å². The third kappa shape index (κ3) is 5.18. The third-order valence-electron chi connectivity index (χ3n) is 6.38. The summed E-state index contributed by atoms with van der Waals surface area (Å²) in [6, 6.07) is 7.52. The van der Waals surface area contributed by atoms with Crippen LogP contribution in [0.15, 0.2) is 30.5 Å². The van der Waals surface area contributed by atoms with Gasteiger partial charge < -0.3 is 14.5 Å². The van der Waals surface area contributed by atoms with Crippen molar-refractivity contribution in [1.82, 2.24) is 14.8 Å². The molecule has 172 valence electrons. The zero-order valence-electron chi connectivity index (χ0n) is 18.3. The molecule has 32 heavy (non-hydrogen) atoms. The molecule has 1 aliphatic heterocycles. The van der Waals surface area contributed by atoms with Gasteiger partial charge in [0.25, 0.3) is 5.91 Å². The molecule has 0 unspecified atom stereocenters. The van der Waals surface area contributed by atoms with Crippen LogP contribution in [-0.2, 0) is 0 Å². The molecule has 9 heteroatoms. The number of amides is 3. The molecule has 0 atom stereocenters. The van der Waals surface area contributed by atoms with Gasteiger partial charge in [-0.25, -0.2) is 9.78 Å². The molecule has 2 aliphatic rings. The van der Waals surface area contributed by atoms with Gasteiger partial charge in [-0.2, -0.15) is 0 Å². The van der Waals surface area contributed by atoms with E-state index in [1.165, 1.54) is 17.8 Å². The summed E-state index contributed by atoms with van der Waals surface area (Å²) in [6.07, 6.45) is 8.60. The van der Waals surface area contributed by atoms with E-state index in [2.05, 4.69) is 10.3 Å². The first-order valence-electron chi connectivity index (χ1n) is 11.2. The van der Waals surface area contributed by atoms with E-state index >= 15 is 0 Å². The quantitative estimate of drug-likeness (QED) is 0.637. The Morgan fingerprint density at radius 3 is 2.47 bits per heavy atom. The fourth-order valence-electron chi connectivity index (χ4n) is 4.80. The maximum atomic E-state index is 13.3. The molecule has 1 aromatic heterocycles. The van der Waals surface area contributed by atoms with Crippen molar-refractivity contribution >= 4 is 40.0 Å². The predicted molar refractivity (Wildman–Crippen MR) is 127 cm³/mol. The Labute approximate surface area is 197 Å². The van der Waals surface area contributed by atoms with Crippen molar-refractivity contribution in [2.24, 2.45) is 0 Å². The molecule has 0 radical (unpaired) electrons. The van der Waals surface area contributed by atoms with Gasteiger partial charge in [0.2, 0.25) is 0 Å². The smallest absolute Gasteiger partial charge is 0.324 e. The number of aromatic nitrogens is 1. The lowest BCUT2D eigenvalue weighted by Gasteiger charge is -2.43. The van der Waals surface area contributed by atoms with Gasteiger partial charge in [0.1, 0.15) is 10.1 Å². The summed E-state index contributed by atoms with van der Waals surface area (Å²) in [7, 11) is 1.58. The maximum Gasteiger partial charge on any atom is 0.324 e. The van der Waals surface area contributed by atoms with Crippen molar-refractivity contribution in [3.63, 3.8) is 0 Å². The fourth-order valence-corrected chi connectivity index (χ4v) is 5.60. The summed E-state index contributed by atoms with van der Waals surface area (Å²) in [5, 5.41) is 3.46. The second-order valence-corrected chi connectivity index (χ2v) is 9.98. The lowest BCUT2D eigenvalue weighted by Crippen LogP contribution is -2.54. The number of benzene rings is 1. The van der Waals surface area contributed by atoms with Crippen LogP contribution < -0.4 is 10.1 Å². The van der Waals surface area contributed by atoms with Crippen LogP contribution >= 0.6 is 22.9 Å². The largest absolute Gasteiger partial charge is 0.496 e. The Morgan fingerprint density at radius 1 is 1.12 bits per heavy atom. The Hall–Kier alpha value is -2.32. The summed E-state index contributed by atoms with van der Waals surface area (Å²) in [4.78, 5) is 34.4. The number of rotatable bonds is 5. The molecular weight excluding hydrogens is 448 g/mol. The maximum absolute atomic E-state index is 13.3. The molecule has 2 heterocycles. The van der Waals surface area contributed by atoms with Crippen molar-refractivity contribution in [3.8, 4) is 5.75 Å². The summed E-state index contributed by atoms with van der Waals surface area (Å²) >= 11 is 7.25. The van der Waals surface area contributed by atoms with Crippen LogP contribution in [0, 0.1) is 0 Å². The first-order valence-corrected chi connectivity index (χ1v) is 12.4. The summed E-state index contributed by atoms with van der Waals surface area (Å²) < 4.78 is 5.91. The lowest BCUT2D eigenvalue weighted by atomic mass is 9.91. The van der Waals surface area contributed by atoms with Gasteiger partial charge in [-0.3, -0.25) is 10.1 Å². The minimum absolute atomic E-state index is 0.0213. The van der Waals surface area contributed by atoms with Gasteiger partial charge in [0.05, 0.1) is 18.9 Å². The number of carbonyl (C=O) groups is 2. The molecule has 7 nitrogen and oxygen atoms in total. The second-order valence-electron chi connectivity index (χ2n) is 8.32. The van der Waals surface area contributed by atoms with Gasteiger partial charge in [-0.1, -0.05) is 54.3 Å². The molecule has 2 fully saturated rings. The third-order valence-corrected chi connectivity index (χ3v) is 7.41. The molecular formula is C23H29ClN4O3S. The van der Waals surface area contributed by atoms with Crippen LogP contribution in [0.1, 0.15) is 55.3 Å². The number of anilines is 1. The fraction of sp³-hybridized carbons (Fsp3) is 0.522. The van der Waals surface area contributed by atoms with Crippen LogP contribution in [0.25, 0.3) is 0 Å². The lowest BCUT2D eigenvalue weighted by molar-refractivity contribution is 0.0592. The monoisotopic (exact) mass is 476 g/mol. The molecule has 1 aromatic carbocycles. The number of urea groups is 1. The number of likely N-dealkylation sites (tertiary alicyclic amines) is 1. The highest BCUT2D eigenvalue weighted by molar-refractivity contribution is 7.19. The minimum atomic E-state index is -0.113. The summed E-state index contributed by atoms with van der Waals surface area (Å²) in [5.41, 5.74) is 0.580. The van der Waals surface area contributed by atoms with Crippen molar-refractivity contribution in [2.75, 3.05) is 25.5 Å². The molecule has 0 bridgehead atoms. The number of methoxy groups -OCH3 is 1. The number of ether oxygens (including phenoxy) is 1. The van der Waals surface area contributed by atoms with Crippen molar-refractivity contribution in [2.45, 2.75) is 57.0 Å². The number of thiazole rings is 1. The van der Waals surface area contributed by atoms with Crippen molar-refractivity contribution in [1.29, 1.82) is 0 Å². The Kier molecular flexibility index (Phi) is 7.52. The highest BCUT2D eigenvalue weighted by Gasteiger charge is 2.35. The Morgan fingerprint density at radius 2 is 1.81 bits per heavy atom. The van der Waals surface area contributed by atoms with Crippen LogP contribution in [0.4, 0.5) is 9.93 Å². The van der Waals surface area contributed by atoms with Crippen LogP contribution in [0.2, 0.25) is 4.34 Å². The van der Waals surface area contributed by atoms with Crippen molar-refractivity contribution < 1.29 is 14.3 Å². The molecule has 1 saturated heterocycles. The standard InChI is InChI=1S/C23H29ClN4O3S/c1-31-19-10-6-5-9-18(19)21(29)27-13-11-17(12-14-27)28(16-7-3-2-4-8-16)23(30)26-22-25-15-20(24)32-22/h5-6,9-10,15-17H,2-4,7-8,11-14H2,1H3,(H,25,26,30). The zero-order valence-corrected chi connectivity index (χ0v) is 19.8. The number of para-hydroxylation sites is 1. The average Bonchev–Trinajstić information content (AvgIpc) is 3.24. The average molecular weight is 477 g/mol. The van der Waals surface area contributed by atoms with E-state index in [0.717, 1.165) is 38.5 Å². The van der Waals surface area contributed by atoms with Gasteiger partial charge in [0, 0.05) is 25.2 Å². The van der Waals surface area contributed by atoms with Gasteiger partial charge in [0.15, 0.2) is 5.13 Å². The van der Waals surface area contributed by atoms with E-state index in [4.69, 9.17) is 16.3 Å². The summed E-state index contributed by atoms with van der Waals surface area (Å²) in [6.45, 7) is 1.22. The van der Waals surface area contributed by atoms with Crippen LogP contribution in [0.3, 0.4) is 0 Å². The first kappa shape index (κ1) is 22.9. The Bertz CT molecular complexity index is 939. The number of hydrogen-bond acceptors (Lipinski definition) is 5. The number of nitrogens with zero attached hydrogens (tertiary/aromatic N) is 3. The molecule has 3 amide bonds. The number of halogens is 1. The highest BCUT2D eigenvalue weighted by Crippen LogP contribution is 2.30. The molecule has 1 saturated carbocycles. The van der Waals surface area contributed by atoms with E-state index in [1.54, 1.807) is 25.4 Å². The highest BCUT2D eigenvalue weighted by atomic mass is 35.5. The number of hydrogen-bond donors (Lipinski definition) is 1. The SMILES string of the molecule is COc1ccccc1C(=O)N1CCC(N(C(=O)Nc2ncc(Cl)s2)C2CCCCC2)CC1. The normalized spacial score (nSPS) is 17.8. The molecule has 1 N–H and O–H groups in total.